The molecule has 14 heavy (non-hydrogen) atoms. The van der Waals surface area contributed by atoms with Crippen LogP contribution in [0.4, 0.5) is 5.69 Å². The second-order valence-electron chi connectivity index (χ2n) is 3.70. The molecule has 0 unspecified atom stereocenters. The summed E-state index contributed by atoms with van der Waals surface area (Å²) in [6.45, 7) is 4.58. The predicted octanol–water partition coefficient (Wildman–Crippen LogP) is 1.24. The third kappa shape index (κ3) is 1.89. The summed E-state index contributed by atoms with van der Waals surface area (Å²) >= 11 is 0. The third-order valence-electron chi connectivity index (χ3n) is 2.59. The normalized spacial score (nSPS) is 22.2. The molecule has 1 aliphatic heterocycles. The molecular formula is C11H16N2O. The van der Waals surface area contributed by atoms with Crippen LogP contribution in [0.15, 0.2) is 18.2 Å². The average Bonchev–Trinajstić information content (AvgIpc) is 2.19. The van der Waals surface area contributed by atoms with E-state index in [4.69, 9.17) is 10.5 Å². The van der Waals surface area contributed by atoms with Crippen LogP contribution in [0.3, 0.4) is 0 Å². The van der Waals surface area contributed by atoms with E-state index in [1.807, 2.05) is 12.1 Å². The van der Waals surface area contributed by atoms with Gasteiger partial charge in [0.1, 0.15) is 0 Å². The first-order valence-electron chi connectivity index (χ1n) is 4.94. The van der Waals surface area contributed by atoms with Crippen molar-refractivity contribution in [3.8, 4) is 0 Å². The number of nitrogens with one attached hydrogen (secondary N) is 1. The number of aryl methyl sites for hydroxylation is 1. The van der Waals surface area contributed by atoms with Gasteiger partial charge in [0.2, 0.25) is 0 Å². The Morgan fingerprint density at radius 2 is 2.36 bits per heavy atom. The zero-order valence-corrected chi connectivity index (χ0v) is 8.42. The molecule has 0 aromatic heterocycles. The van der Waals surface area contributed by atoms with E-state index in [0.717, 1.165) is 25.4 Å². The van der Waals surface area contributed by atoms with Crippen LogP contribution in [0.2, 0.25) is 0 Å². The van der Waals surface area contributed by atoms with Gasteiger partial charge in [0, 0.05) is 12.2 Å². The first kappa shape index (κ1) is 9.49. The topological polar surface area (TPSA) is 47.3 Å². The van der Waals surface area contributed by atoms with Gasteiger partial charge in [-0.15, -0.1) is 0 Å². The largest absolute Gasteiger partial charge is 0.399 e. The molecule has 0 radical (unpaired) electrons. The maximum Gasteiger partial charge on any atom is 0.0662 e. The highest BCUT2D eigenvalue weighted by atomic mass is 16.5. The van der Waals surface area contributed by atoms with Crippen molar-refractivity contribution >= 4 is 5.69 Å². The maximum atomic E-state index is 5.71. The lowest BCUT2D eigenvalue weighted by Gasteiger charge is -2.25. The SMILES string of the molecule is Cc1cc(N)ccc1[C@@H]1COCCN1. The van der Waals surface area contributed by atoms with Crippen LogP contribution in [0.1, 0.15) is 17.2 Å². The quantitative estimate of drug-likeness (QED) is 0.658. The molecular weight excluding hydrogens is 176 g/mol. The van der Waals surface area contributed by atoms with Crippen LogP contribution in [0.5, 0.6) is 0 Å². The van der Waals surface area contributed by atoms with Crippen molar-refractivity contribution in [1.29, 1.82) is 0 Å². The highest BCUT2D eigenvalue weighted by Crippen LogP contribution is 2.21. The van der Waals surface area contributed by atoms with Gasteiger partial charge in [-0.2, -0.15) is 0 Å². The van der Waals surface area contributed by atoms with Crippen LogP contribution >= 0.6 is 0 Å². The van der Waals surface area contributed by atoms with Gasteiger partial charge >= 0.3 is 0 Å². The number of hydrogen-bond acceptors (Lipinski definition) is 3. The summed E-state index contributed by atoms with van der Waals surface area (Å²) in [5, 5.41) is 3.43. The minimum atomic E-state index is 0.323. The number of nitrogen functional groups attached to an aromatic ring is 1. The average molecular weight is 192 g/mol. The Morgan fingerprint density at radius 1 is 1.50 bits per heavy atom. The molecule has 3 nitrogen and oxygen atoms in total. The highest BCUT2D eigenvalue weighted by Gasteiger charge is 2.16. The molecule has 1 aromatic rings. The van der Waals surface area contributed by atoms with Crippen LogP contribution < -0.4 is 11.1 Å². The second kappa shape index (κ2) is 3.98. The first-order chi connectivity index (χ1) is 6.77. The summed E-state index contributed by atoms with van der Waals surface area (Å²) in [7, 11) is 0. The van der Waals surface area contributed by atoms with Gasteiger partial charge in [0.05, 0.1) is 19.3 Å². The lowest BCUT2D eigenvalue weighted by atomic mass is 10.0. The van der Waals surface area contributed by atoms with Crippen molar-refractivity contribution in [2.45, 2.75) is 13.0 Å². The lowest BCUT2D eigenvalue weighted by Crippen LogP contribution is -2.34. The zero-order valence-electron chi connectivity index (χ0n) is 8.42. The molecule has 1 saturated heterocycles. The summed E-state index contributed by atoms with van der Waals surface area (Å²) in [5.41, 5.74) is 9.05. The summed E-state index contributed by atoms with van der Waals surface area (Å²) < 4.78 is 5.43. The first-order valence-corrected chi connectivity index (χ1v) is 4.94. The second-order valence-corrected chi connectivity index (χ2v) is 3.70. The number of ether oxygens (including phenoxy) is 1. The van der Waals surface area contributed by atoms with E-state index in [1.54, 1.807) is 0 Å². The Morgan fingerprint density at radius 3 is 3.00 bits per heavy atom. The predicted molar refractivity (Wildman–Crippen MR) is 57.2 cm³/mol. The Bertz CT molecular complexity index is 319. The molecule has 3 heteroatoms. The highest BCUT2D eigenvalue weighted by molar-refractivity contribution is 5.45. The van der Waals surface area contributed by atoms with Gasteiger partial charge in [-0.05, 0) is 30.2 Å². The fraction of sp³-hybridized carbons (Fsp3) is 0.455. The fourth-order valence-electron chi connectivity index (χ4n) is 1.86. The van der Waals surface area contributed by atoms with E-state index >= 15 is 0 Å². The number of anilines is 1. The standard InChI is InChI=1S/C11H16N2O/c1-8-6-9(12)2-3-10(8)11-7-14-5-4-13-11/h2-3,6,11,13H,4-5,7,12H2,1H3/t11-/m0/s1. The zero-order chi connectivity index (χ0) is 9.97. The summed E-state index contributed by atoms with van der Waals surface area (Å²) in [6.07, 6.45) is 0. The maximum absolute atomic E-state index is 5.71. The molecule has 3 N–H and O–H groups in total. The number of nitrogens with two attached hydrogens (primary N) is 1. The number of rotatable bonds is 1. The minimum absolute atomic E-state index is 0.323. The number of morpholine rings is 1. The molecule has 1 heterocycles. The monoisotopic (exact) mass is 192 g/mol. The van der Waals surface area contributed by atoms with Crippen molar-refractivity contribution in [3.63, 3.8) is 0 Å². The Labute approximate surface area is 84.3 Å². The van der Waals surface area contributed by atoms with E-state index in [0.29, 0.717) is 6.04 Å². The van der Waals surface area contributed by atoms with Crippen LogP contribution in [0.25, 0.3) is 0 Å². The van der Waals surface area contributed by atoms with Gasteiger partial charge in [0.25, 0.3) is 0 Å². The summed E-state index contributed by atoms with van der Waals surface area (Å²) in [4.78, 5) is 0. The Hall–Kier alpha value is -1.06. The fourth-order valence-corrected chi connectivity index (χ4v) is 1.86. The molecule has 1 fully saturated rings. The van der Waals surface area contributed by atoms with Gasteiger partial charge < -0.3 is 15.8 Å². The number of benzene rings is 1. The van der Waals surface area contributed by atoms with Gasteiger partial charge in [-0.3, -0.25) is 0 Å². The Kier molecular flexibility index (Phi) is 2.70. The molecule has 1 atom stereocenters. The van der Waals surface area contributed by atoms with Crippen molar-refractivity contribution < 1.29 is 4.74 Å². The molecule has 0 amide bonds. The molecule has 0 saturated carbocycles. The van der Waals surface area contributed by atoms with Gasteiger partial charge in [-0.1, -0.05) is 6.07 Å². The molecule has 1 aromatic carbocycles. The van der Waals surface area contributed by atoms with Crippen LogP contribution in [0, 0.1) is 6.92 Å². The van der Waals surface area contributed by atoms with Crippen molar-refractivity contribution in [1.82, 2.24) is 5.32 Å². The van der Waals surface area contributed by atoms with E-state index in [2.05, 4.69) is 18.3 Å². The minimum Gasteiger partial charge on any atom is -0.399 e. The molecule has 76 valence electrons. The summed E-state index contributed by atoms with van der Waals surface area (Å²) in [5.74, 6) is 0. The smallest absolute Gasteiger partial charge is 0.0662 e. The van der Waals surface area contributed by atoms with Crippen molar-refractivity contribution in [2.75, 3.05) is 25.5 Å². The van der Waals surface area contributed by atoms with Crippen LogP contribution in [-0.2, 0) is 4.74 Å². The number of hydrogen-bond donors (Lipinski definition) is 2. The molecule has 0 bridgehead atoms. The van der Waals surface area contributed by atoms with Crippen LogP contribution in [-0.4, -0.2) is 19.8 Å². The van der Waals surface area contributed by atoms with Gasteiger partial charge in [-0.25, -0.2) is 0 Å². The van der Waals surface area contributed by atoms with Gasteiger partial charge in [0.15, 0.2) is 0 Å². The van der Waals surface area contributed by atoms with E-state index in [-0.39, 0.29) is 0 Å². The van der Waals surface area contributed by atoms with Crippen molar-refractivity contribution in [2.24, 2.45) is 0 Å². The van der Waals surface area contributed by atoms with E-state index in [1.165, 1.54) is 11.1 Å². The third-order valence-corrected chi connectivity index (χ3v) is 2.59. The molecule has 0 spiro atoms. The Balaban J connectivity index is 2.22. The van der Waals surface area contributed by atoms with E-state index < -0.39 is 0 Å². The lowest BCUT2D eigenvalue weighted by molar-refractivity contribution is 0.0767. The van der Waals surface area contributed by atoms with Crippen molar-refractivity contribution in [3.05, 3.63) is 29.3 Å². The molecule has 1 aliphatic rings. The molecule has 0 aliphatic carbocycles. The molecule has 2 rings (SSSR count). The van der Waals surface area contributed by atoms with E-state index in [9.17, 15) is 0 Å². The summed E-state index contributed by atoms with van der Waals surface area (Å²) in [6, 6.07) is 6.35.